The van der Waals surface area contributed by atoms with Crippen LogP contribution in [0.5, 0.6) is 5.88 Å². The number of carbonyl (C=O) groups excluding carboxylic acids is 1. The van der Waals surface area contributed by atoms with E-state index in [1.54, 1.807) is 17.5 Å². The predicted molar refractivity (Wildman–Crippen MR) is 150 cm³/mol. The van der Waals surface area contributed by atoms with E-state index in [0.717, 1.165) is 49.9 Å². The van der Waals surface area contributed by atoms with Gasteiger partial charge in [-0.3, -0.25) is 4.79 Å². The van der Waals surface area contributed by atoms with Gasteiger partial charge in [0.1, 0.15) is 11.0 Å². The zero-order valence-electron chi connectivity index (χ0n) is 22.5. The van der Waals surface area contributed by atoms with Crippen LogP contribution in [0.4, 0.5) is 5.69 Å². The van der Waals surface area contributed by atoms with Crippen LogP contribution in [-0.4, -0.2) is 39.3 Å². The number of aromatic carboxylic acids is 1. The van der Waals surface area contributed by atoms with Crippen molar-refractivity contribution in [3.05, 3.63) is 33.1 Å². The van der Waals surface area contributed by atoms with Crippen LogP contribution in [-0.2, 0) is 4.79 Å². The number of thiophene rings is 1. The molecule has 0 bridgehead atoms. The first-order valence-corrected chi connectivity index (χ1v) is 14.6. The number of carboxylic acids is 1. The predicted octanol–water partition coefficient (Wildman–Crippen LogP) is 6.84. The Morgan fingerprint density at radius 3 is 2.34 bits per heavy atom. The number of nitrogens with zero attached hydrogens (tertiary/aromatic N) is 3. The van der Waals surface area contributed by atoms with E-state index in [4.69, 9.17) is 16.3 Å². The molecule has 2 saturated carbocycles. The SMILES string of the molecule is CC(C)(C)C#Cc1csc(C(=O)O)c1N(C(=O)[C@H]1CC[C@H](C)CC1)[C@H]1CC[C@H](Oc2ccc(Cl)nn2)CC1. The molecule has 9 heteroatoms. The maximum Gasteiger partial charge on any atom is 0.348 e. The first-order chi connectivity index (χ1) is 18.0. The Hall–Kier alpha value is -2.63. The molecule has 2 aliphatic rings. The highest BCUT2D eigenvalue weighted by atomic mass is 35.5. The van der Waals surface area contributed by atoms with Crippen molar-refractivity contribution >= 4 is 40.5 Å². The van der Waals surface area contributed by atoms with Gasteiger partial charge >= 0.3 is 5.97 Å². The number of rotatable bonds is 6. The molecule has 0 aliphatic heterocycles. The van der Waals surface area contributed by atoms with Crippen LogP contribution in [0.1, 0.15) is 94.3 Å². The molecule has 0 saturated heterocycles. The average Bonchev–Trinajstić information content (AvgIpc) is 3.29. The second-order valence-electron chi connectivity index (χ2n) is 11.5. The minimum Gasteiger partial charge on any atom is -0.477 e. The van der Waals surface area contributed by atoms with Crippen molar-refractivity contribution < 1.29 is 19.4 Å². The van der Waals surface area contributed by atoms with Crippen molar-refractivity contribution in [2.75, 3.05) is 4.90 Å². The molecule has 1 N–H and O–H groups in total. The van der Waals surface area contributed by atoms with E-state index >= 15 is 0 Å². The number of aromatic nitrogens is 2. The van der Waals surface area contributed by atoms with Crippen molar-refractivity contribution in [2.45, 2.75) is 91.2 Å². The Morgan fingerprint density at radius 2 is 1.76 bits per heavy atom. The van der Waals surface area contributed by atoms with Crippen molar-refractivity contribution in [1.29, 1.82) is 0 Å². The molecule has 0 unspecified atom stereocenters. The summed E-state index contributed by atoms with van der Waals surface area (Å²) in [6, 6.07) is 3.22. The summed E-state index contributed by atoms with van der Waals surface area (Å²) in [7, 11) is 0. The van der Waals surface area contributed by atoms with Crippen LogP contribution < -0.4 is 9.64 Å². The van der Waals surface area contributed by atoms with E-state index < -0.39 is 5.97 Å². The van der Waals surface area contributed by atoms with E-state index in [9.17, 15) is 14.7 Å². The van der Waals surface area contributed by atoms with Gasteiger partial charge in [-0.2, -0.15) is 0 Å². The summed E-state index contributed by atoms with van der Waals surface area (Å²) in [4.78, 5) is 28.5. The smallest absolute Gasteiger partial charge is 0.348 e. The Balaban J connectivity index is 1.63. The highest BCUT2D eigenvalue weighted by Gasteiger charge is 2.38. The zero-order chi connectivity index (χ0) is 27.4. The van der Waals surface area contributed by atoms with Gasteiger partial charge in [0.15, 0.2) is 5.15 Å². The summed E-state index contributed by atoms with van der Waals surface area (Å²) < 4.78 is 6.03. The Bertz CT molecular complexity index is 1200. The number of hydrogen-bond donors (Lipinski definition) is 1. The minimum absolute atomic E-state index is 0.0320. The summed E-state index contributed by atoms with van der Waals surface area (Å²) in [6.45, 7) is 8.28. The number of carbonyl (C=O) groups is 2. The molecular formula is C29H36ClN3O4S. The first kappa shape index (κ1) is 28.4. The third-order valence-corrected chi connectivity index (χ3v) is 8.44. The maximum atomic E-state index is 14.2. The number of hydrogen-bond acceptors (Lipinski definition) is 6. The Kier molecular flexibility index (Phi) is 9.00. The van der Waals surface area contributed by atoms with Crippen LogP contribution in [0.2, 0.25) is 5.15 Å². The molecule has 2 fully saturated rings. The summed E-state index contributed by atoms with van der Waals surface area (Å²) in [5.74, 6) is 6.39. The number of anilines is 1. The van der Waals surface area contributed by atoms with Crippen molar-refractivity contribution in [3.8, 4) is 17.7 Å². The lowest BCUT2D eigenvalue weighted by Gasteiger charge is -2.39. The van der Waals surface area contributed by atoms with Crippen molar-refractivity contribution in [1.82, 2.24) is 10.2 Å². The lowest BCUT2D eigenvalue weighted by Crippen LogP contribution is -2.47. The van der Waals surface area contributed by atoms with E-state index in [2.05, 4.69) is 29.0 Å². The third-order valence-electron chi connectivity index (χ3n) is 7.28. The van der Waals surface area contributed by atoms with Gasteiger partial charge in [0.2, 0.25) is 11.8 Å². The molecule has 2 aromatic heterocycles. The molecule has 2 aliphatic carbocycles. The molecule has 1 amide bonds. The molecule has 0 atom stereocenters. The Morgan fingerprint density at radius 1 is 1.08 bits per heavy atom. The zero-order valence-corrected chi connectivity index (χ0v) is 24.1. The molecule has 4 rings (SSSR count). The second-order valence-corrected chi connectivity index (χ2v) is 12.8. The number of halogens is 1. The van der Waals surface area contributed by atoms with E-state index in [-0.39, 0.29) is 34.3 Å². The highest BCUT2D eigenvalue weighted by Crippen LogP contribution is 2.40. The Labute approximate surface area is 233 Å². The molecule has 0 aromatic carbocycles. The number of carboxylic acid groups (broad SMARTS) is 1. The standard InChI is InChI=1S/C29H36ClN3O4S/c1-18-5-7-19(8-6-18)27(34)33(25-20(15-16-29(2,3)4)17-38-26(25)28(35)36)21-9-11-22(12-10-21)37-24-14-13-23(30)31-32-24/h13-14,17-19,21-22H,5-12H2,1-4H3,(H,35,36)/t18-,19-,21-,22-. The monoisotopic (exact) mass is 557 g/mol. The molecule has 2 aromatic rings. The van der Waals surface area contributed by atoms with E-state index in [1.807, 2.05) is 25.7 Å². The van der Waals surface area contributed by atoms with Gasteiger partial charge in [0.05, 0.1) is 11.3 Å². The second kappa shape index (κ2) is 12.0. The lowest BCUT2D eigenvalue weighted by atomic mass is 9.81. The summed E-state index contributed by atoms with van der Waals surface area (Å²) in [5.41, 5.74) is 0.835. The summed E-state index contributed by atoms with van der Waals surface area (Å²) in [6.07, 6.45) is 6.46. The van der Waals surface area contributed by atoms with Gasteiger partial charge < -0.3 is 14.7 Å². The van der Waals surface area contributed by atoms with Crippen molar-refractivity contribution in [3.63, 3.8) is 0 Å². The number of ether oxygens (including phenoxy) is 1. The van der Waals surface area contributed by atoms with Crippen LogP contribution in [0.25, 0.3) is 0 Å². The minimum atomic E-state index is -1.03. The quantitative estimate of drug-likeness (QED) is 0.391. The molecule has 0 radical (unpaired) electrons. The van der Waals surface area contributed by atoms with Crippen LogP contribution in [0, 0.1) is 29.1 Å². The molecular weight excluding hydrogens is 522 g/mol. The van der Waals surface area contributed by atoms with Crippen LogP contribution in [0.15, 0.2) is 17.5 Å². The highest BCUT2D eigenvalue weighted by molar-refractivity contribution is 7.12. The third kappa shape index (κ3) is 7.06. The fourth-order valence-corrected chi connectivity index (χ4v) is 6.15. The molecule has 2 heterocycles. The molecule has 0 spiro atoms. The topological polar surface area (TPSA) is 92.6 Å². The maximum absolute atomic E-state index is 14.2. The van der Waals surface area contributed by atoms with Crippen LogP contribution in [0.3, 0.4) is 0 Å². The molecule has 38 heavy (non-hydrogen) atoms. The van der Waals surface area contributed by atoms with Crippen LogP contribution >= 0.6 is 22.9 Å². The molecule has 204 valence electrons. The number of amides is 1. The van der Waals surface area contributed by atoms with Gasteiger partial charge in [-0.05, 0) is 84.1 Å². The van der Waals surface area contributed by atoms with Gasteiger partial charge in [-0.15, -0.1) is 21.5 Å². The van der Waals surface area contributed by atoms with E-state index in [0.29, 0.717) is 41.0 Å². The lowest BCUT2D eigenvalue weighted by molar-refractivity contribution is -0.124. The summed E-state index contributed by atoms with van der Waals surface area (Å²) >= 11 is 6.99. The first-order valence-electron chi connectivity index (χ1n) is 13.4. The van der Waals surface area contributed by atoms with Gasteiger partial charge in [-0.25, -0.2) is 4.79 Å². The average molecular weight is 558 g/mol. The summed E-state index contributed by atoms with van der Waals surface area (Å²) in [5, 5.41) is 20.0. The van der Waals surface area contributed by atoms with E-state index in [1.165, 1.54) is 0 Å². The van der Waals surface area contributed by atoms with Gasteiger partial charge in [0, 0.05) is 28.8 Å². The largest absolute Gasteiger partial charge is 0.477 e. The van der Waals surface area contributed by atoms with Gasteiger partial charge in [-0.1, -0.05) is 30.4 Å². The normalized spacial score (nSPS) is 23.7. The fraction of sp³-hybridized carbons (Fsp3) is 0.586. The van der Waals surface area contributed by atoms with Crippen molar-refractivity contribution in [2.24, 2.45) is 17.3 Å². The fourth-order valence-electron chi connectivity index (χ4n) is 5.22. The van der Waals surface area contributed by atoms with Gasteiger partial charge in [0.25, 0.3) is 0 Å². The molecule has 7 nitrogen and oxygen atoms in total.